The van der Waals surface area contributed by atoms with Crippen LogP contribution in [0.3, 0.4) is 0 Å². The second kappa shape index (κ2) is 19.9. The highest BCUT2D eigenvalue weighted by Gasteiger charge is 2.31. The van der Waals surface area contributed by atoms with Crippen molar-refractivity contribution in [3.63, 3.8) is 0 Å². The van der Waals surface area contributed by atoms with Crippen LogP contribution in [0.5, 0.6) is 5.75 Å². The minimum absolute atomic E-state index is 0.172. The fourth-order valence-corrected chi connectivity index (χ4v) is 6.46. The van der Waals surface area contributed by atoms with Crippen LogP contribution in [0, 0.1) is 0 Å². The molecule has 0 spiro atoms. The summed E-state index contributed by atoms with van der Waals surface area (Å²) in [6, 6.07) is 4.07. The third kappa shape index (κ3) is 14.6. The molecular weight excluding hydrogens is 512 g/mol. The Kier molecular flexibility index (Phi) is 18.3. The molecule has 0 aliphatic carbocycles. The van der Waals surface area contributed by atoms with E-state index in [1.165, 1.54) is 96.3 Å². The van der Waals surface area contributed by atoms with E-state index in [2.05, 4.69) is 48.5 Å². The molecule has 0 bridgehead atoms. The van der Waals surface area contributed by atoms with Gasteiger partial charge in [-0.05, 0) is 58.8 Å². The molecule has 0 saturated heterocycles. The topological polar surface area (TPSA) is 46.5 Å². The number of thioether (sulfide) groups is 1. The quantitative estimate of drug-likeness (QED) is 0.117. The smallest absolute Gasteiger partial charge is 0.323 e. The van der Waals surface area contributed by atoms with Crippen molar-refractivity contribution in [3.8, 4) is 5.75 Å². The van der Waals surface area contributed by atoms with Crippen molar-refractivity contribution in [3.05, 3.63) is 28.8 Å². The monoisotopic (exact) mass is 576 g/mol. The van der Waals surface area contributed by atoms with Crippen molar-refractivity contribution in [2.24, 2.45) is 0 Å². The van der Waals surface area contributed by atoms with E-state index in [0.29, 0.717) is 12.4 Å². The number of phenols is 1. The SMILES string of the molecule is CCCCCCCCCCCCCCCCCCSC(C(=O)OCC)c1cc(C(C)(C)C)c(O)c(C(C)(C)C)c1. The maximum Gasteiger partial charge on any atom is 0.323 e. The molecule has 1 rings (SSSR count). The predicted octanol–water partition coefficient (Wildman–Crippen LogP) is 11.6. The molecule has 0 aliphatic rings. The Bertz CT molecular complexity index is 783. The molecule has 1 aromatic carbocycles. The van der Waals surface area contributed by atoms with E-state index in [1.807, 2.05) is 19.1 Å². The lowest BCUT2D eigenvalue weighted by atomic mass is 9.78. The van der Waals surface area contributed by atoms with Crippen LogP contribution < -0.4 is 0 Å². The van der Waals surface area contributed by atoms with E-state index in [1.54, 1.807) is 11.8 Å². The maximum atomic E-state index is 13.0. The summed E-state index contributed by atoms with van der Waals surface area (Å²) in [6.07, 6.45) is 21.8. The number of esters is 1. The second-order valence-corrected chi connectivity index (χ2v) is 15.0. The zero-order valence-electron chi connectivity index (χ0n) is 27.6. The molecule has 3 nitrogen and oxygen atoms in total. The van der Waals surface area contributed by atoms with Gasteiger partial charge in [-0.3, -0.25) is 4.79 Å². The molecule has 1 unspecified atom stereocenters. The number of rotatable bonds is 21. The van der Waals surface area contributed by atoms with Gasteiger partial charge in [-0.1, -0.05) is 145 Å². The van der Waals surface area contributed by atoms with E-state index in [0.717, 1.165) is 28.9 Å². The number of carbonyl (C=O) groups excluding carboxylic acids is 1. The summed E-state index contributed by atoms with van der Waals surface area (Å²) in [4.78, 5) is 13.0. The van der Waals surface area contributed by atoms with Crippen LogP contribution in [0.2, 0.25) is 0 Å². The Morgan fingerprint density at radius 3 is 1.43 bits per heavy atom. The van der Waals surface area contributed by atoms with Gasteiger partial charge in [-0.2, -0.15) is 0 Å². The molecule has 40 heavy (non-hydrogen) atoms. The summed E-state index contributed by atoms with van der Waals surface area (Å²) < 4.78 is 5.50. The predicted molar refractivity (Wildman–Crippen MR) is 177 cm³/mol. The van der Waals surface area contributed by atoms with Gasteiger partial charge in [0.2, 0.25) is 0 Å². The number of ether oxygens (including phenoxy) is 1. The zero-order chi connectivity index (χ0) is 30.0. The van der Waals surface area contributed by atoms with Gasteiger partial charge >= 0.3 is 5.97 Å². The van der Waals surface area contributed by atoms with Crippen molar-refractivity contribution >= 4 is 17.7 Å². The fraction of sp³-hybridized carbons (Fsp3) is 0.806. The van der Waals surface area contributed by atoms with E-state index in [-0.39, 0.29) is 22.0 Å². The average molecular weight is 577 g/mol. The molecule has 0 radical (unpaired) electrons. The molecule has 1 aromatic rings. The van der Waals surface area contributed by atoms with E-state index >= 15 is 0 Å². The first-order valence-electron chi connectivity index (χ1n) is 16.6. The van der Waals surface area contributed by atoms with E-state index < -0.39 is 0 Å². The first kappa shape index (κ1) is 36.9. The van der Waals surface area contributed by atoms with Crippen LogP contribution in [0.1, 0.15) is 180 Å². The van der Waals surface area contributed by atoms with Gasteiger partial charge in [0, 0.05) is 0 Å². The summed E-state index contributed by atoms with van der Waals surface area (Å²) in [5.74, 6) is 1.13. The minimum Gasteiger partial charge on any atom is -0.507 e. The number of phenolic OH excluding ortho intramolecular Hbond substituents is 1. The largest absolute Gasteiger partial charge is 0.507 e. The number of benzene rings is 1. The summed E-state index contributed by atoms with van der Waals surface area (Å²) >= 11 is 1.70. The summed E-state index contributed by atoms with van der Waals surface area (Å²) in [5, 5.41) is 10.8. The summed E-state index contributed by atoms with van der Waals surface area (Å²) in [5.41, 5.74) is 2.29. The Hall–Kier alpha value is -1.16. The van der Waals surface area contributed by atoms with Crippen LogP contribution in [-0.4, -0.2) is 23.4 Å². The first-order chi connectivity index (χ1) is 18.9. The van der Waals surface area contributed by atoms with Crippen molar-refractivity contribution in [2.45, 2.75) is 174 Å². The maximum absolute atomic E-state index is 13.0. The Labute approximate surface area is 253 Å². The third-order valence-electron chi connectivity index (χ3n) is 7.83. The molecule has 232 valence electrons. The fourth-order valence-electron chi connectivity index (χ4n) is 5.32. The Balaban J connectivity index is 2.47. The lowest BCUT2D eigenvalue weighted by Crippen LogP contribution is -2.20. The highest BCUT2D eigenvalue weighted by atomic mass is 32.2. The van der Waals surface area contributed by atoms with Crippen molar-refractivity contribution in [2.75, 3.05) is 12.4 Å². The third-order valence-corrected chi connectivity index (χ3v) is 9.16. The van der Waals surface area contributed by atoms with Gasteiger partial charge in [0.25, 0.3) is 0 Å². The van der Waals surface area contributed by atoms with Gasteiger partial charge in [0.15, 0.2) is 0 Å². The lowest BCUT2D eigenvalue weighted by molar-refractivity contribution is -0.142. The summed E-state index contributed by atoms with van der Waals surface area (Å²) in [7, 11) is 0. The van der Waals surface area contributed by atoms with Crippen LogP contribution in [0.15, 0.2) is 12.1 Å². The van der Waals surface area contributed by atoms with Gasteiger partial charge in [0.1, 0.15) is 11.0 Å². The van der Waals surface area contributed by atoms with Crippen LogP contribution in [0.4, 0.5) is 0 Å². The minimum atomic E-state index is -0.362. The second-order valence-electron chi connectivity index (χ2n) is 13.8. The van der Waals surface area contributed by atoms with E-state index in [4.69, 9.17) is 4.74 Å². The Morgan fingerprint density at radius 1 is 0.700 bits per heavy atom. The van der Waals surface area contributed by atoms with Gasteiger partial charge in [-0.15, -0.1) is 11.8 Å². The normalized spacial score (nSPS) is 13.0. The standard InChI is InChI=1S/C36H64O3S/c1-9-11-12-13-14-15-16-17-18-19-20-21-22-23-24-25-26-40-33(34(38)39-10-2)29-27-30(35(3,4)5)32(37)31(28-29)36(6,7)8/h27-28,33,37H,9-26H2,1-8H3. The number of aromatic hydroxyl groups is 1. The molecule has 0 amide bonds. The van der Waals surface area contributed by atoms with Gasteiger partial charge in [-0.25, -0.2) is 0 Å². The lowest BCUT2D eigenvalue weighted by Gasteiger charge is -2.29. The van der Waals surface area contributed by atoms with Crippen molar-refractivity contribution in [1.29, 1.82) is 0 Å². The zero-order valence-corrected chi connectivity index (χ0v) is 28.4. The average Bonchev–Trinajstić information content (AvgIpc) is 2.87. The Morgan fingerprint density at radius 2 is 1.07 bits per heavy atom. The number of hydrogen-bond donors (Lipinski definition) is 1. The van der Waals surface area contributed by atoms with Crippen molar-refractivity contribution < 1.29 is 14.6 Å². The number of hydrogen-bond acceptors (Lipinski definition) is 4. The van der Waals surface area contributed by atoms with Gasteiger partial charge < -0.3 is 9.84 Å². The molecule has 0 aromatic heterocycles. The molecule has 0 fully saturated rings. The molecule has 1 N–H and O–H groups in total. The van der Waals surface area contributed by atoms with Crippen LogP contribution >= 0.6 is 11.8 Å². The molecule has 0 saturated carbocycles. The van der Waals surface area contributed by atoms with Gasteiger partial charge in [0.05, 0.1) is 6.61 Å². The van der Waals surface area contributed by atoms with Crippen molar-refractivity contribution in [1.82, 2.24) is 0 Å². The molecule has 1 atom stereocenters. The summed E-state index contributed by atoms with van der Waals surface area (Å²) in [6.45, 7) is 17.2. The van der Waals surface area contributed by atoms with E-state index in [9.17, 15) is 9.90 Å². The van der Waals surface area contributed by atoms with Crippen LogP contribution in [-0.2, 0) is 20.4 Å². The van der Waals surface area contributed by atoms with Crippen LogP contribution in [0.25, 0.3) is 0 Å². The number of unbranched alkanes of at least 4 members (excludes halogenated alkanes) is 15. The first-order valence-corrected chi connectivity index (χ1v) is 17.6. The number of carbonyl (C=O) groups is 1. The molecular formula is C36H64O3S. The molecule has 0 aliphatic heterocycles. The molecule has 4 heteroatoms. The highest BCUT2D eigenvalue weighted by molar-refractivity contribution is 8.00. The highest BCUT2D eigenvalue weighted by Crippen LogP contribution is 2.43. The molecule has 0 heterocycles.